The Bertz CT molecular complexity index is 452. The number of rotatable bonds is 1. The summed E-state index contributed by atoms with van der Waals surface area (Å²) >= 11 is 7.56. The van der Waals surface area contributed by atoms with Gasteiger partial charge in [0.25, 0.3) is 0 Å². The van der Waals surface area contributed by atoms with Gasteiger partial charge in [0.2, 0.25) is 0 Å². The van der Waals surface area contributed by atoms with Crippen LogP contribution in [0.1, 0.15) is 0 Å². The third-order valence-corrected chi connectivity index (χ3v) is 5.70. The van der Waals surface area contributed by atoms with E-state index in [4.69, 9.17) is 4.74 Å². The van der Waals surface area contributed by atoms with Crippen LogP contribution >= 0.6 is 49.9 Å². The predicted molar refractivity (Wildman–Crippen MR) is 68.8 cm³/mol. The molecule has 4 heteroatoms. The zero-order valence-electron chi connectivity index (χ0n) is 6.80. The maximum absolute atomic E-state index is 5.25. The monoisotopic (exact) mass is 368 g/mol. The van der Waals surface area contributed by atoms with Crippen molar-refractivity contribution in [1.82, 2.24) is 0 Å². The molecule has 1 aromatic heterocycles. The van der Waals surface area contributed by atoms with Gasteiger partial charge in [-0.2, -0.15) is 0 Å². The van der Waals surface area contributed by atoms with E-state index in [1.807, 2.05) is 5.38 Å². The highest BCUT2D eigenvalue weighted by molar-refractivity contribution is 14.1. The van der Waals surface area contributed by atoms with Gasteiger partial charge in [-0.15, -0.1) is 11.3 Å². The largest absolute Gasteiger partial charge is 0.495 e. The molecule has 13 heavy (non-hydrogen) atoms. The number of methoxy groups -OCH3 is 1. The second-order valence-corrected chi connectivity index (χ2v) is 5.35. The predicted octanol–water partition coefficient (Wildman–Crippen LogP) is 4.28. The highest BCUT2D eigenvalue weighted by Crippen LogP contribution is 2.37. The fourth-order valence-electron chi connectivity index (χ4n) is 1.18. The molecule has 0 saturated carbocycles. The molecule has 1 nitrogen and oxygen atoms in total. The van der Waals surface area contributed by atoms with Crippen molar-refractivity contribution in [3.8, 4) is 5.75 Å². The summed E-state index contributed by atoms with van der Waals surface area (Å²) in [5.41, 5.74) is 0. The van der Waals surface area contributed by atoms with E-state index in [1.54, 1.807) is 18.4 Å². The van der Waals surface area contributed by atoms with Crippen molar-refractivity contribution >= 4 is 59.9 Å². The third kappa shape index (κ3) is 1.59. The fourth-order valence-corrected chi connectivity index (χ4v) is 3.45. The van der Waals surface area contributed by atoms with Gasteiger partial charge in [0.1, 0.15) is 5.75 Å². The summed E-state index contributed by atoms with van der Waals surface area (Å²) < 4.78 is 8.93. The van der Waals surface area contributed by atoms with Crippen molar-refractivity contribution in [1.29, 1.82) is 0 Å². The Balaban J connectivity index is 2.81. The van der Waals surface area contributed by atoms with E-state index in [1.165, 1.54) is 13.7 Å². The average molecular weight is 369 g/mol. The molecule has 2 rings (SSSR count). The van der Waals surface area contributed by atoms with E-state index in [0.29, 0.717) is 0 Å². The van der Waals surface area contributed by atoms with E-state index < -0.39 is 0 Å². The zero-order chi connectivity index (χ0) is 9.42. The molecule has 0 amide bonds. The lowest BCUT2D eigenvalue weighted by molar-refractivity contribution is 0.421. The SMILES string of the molecule is COc1csc2c(I)c(Br)ccc12. The Kier molecular flexibility index (Phi) is 2.80. The molecule has 0 N–H and O–H groups in total. The van der Waals surface area contributed by atoms with Crippen LogP contribution in [0, 0.1) is 3.57 Å². The molecule has 0 unspecified atom stereocenters. The summed E-state index contributed by atoms with van der Waals surface area (Å²) in [6.45, 7) is 0. The first kappa shape index (κ1) is 9.73. The molecule has 0 saturated heterocycles. The summed E-state index contributed by atoms with van der Waals surface area (Å²) in [5, 5.41) is 3.24. The first-order chi connectivity index (χ1) is 6.24. The van der Waals surface area contributed by atoms with Crippen molar-refractivity contribution in [3.63, 3.8) is 0 Å². The molecular weight excluding hydrogens is 363 g/mol. The van der Waals surface area contributed by atoms with E-state index in [-0.39, 0.29) is 0 Å². The molecule has 2 aromatic rings. The summed E-state index contributed by atoms with van der Waals surface area (Å²) in [5.74, 6) is 0.963. The highest BCUT2D eigenvalue weighted by Gasteiger charge is 2.08. The van der Waals surface area contributed by atoms with Crippen molar-refractivity contribution in [2.24, 2.45) is 0 Å². The quantitative estimate of drug-likeness (QED) is 0.683. The van der Waals surface area contributed by atoms with Crippen molar-refractivity contribution < 1.29 is 4.74 Å². The van der Waals surface area contributed by atoms with Crippen LogP contribution in [0.5, 0.6) is 5.75 Å². The van der Waals surface area contributed by atoms with Crippen LogP contribution in [0.3, 0.4) is 0 Å². The molecule has 0 radical (unpaired) electrons. The van der Waals surface area contributed by atoms with Gasteiger partial charge in [0, 0.05) is 18.8 Å². The molecule has 68 valence electrons. The van der Waals surface area contributed by atoms with Gasteiger partial charge in [0.15, 0.2) is 0 Å². The van der Waals surface area contributed by atoms with Gasteiger partial charge in [-0.25, -0.2) is 0 Å². The number of fused-ring (bicyclic) bond motifs is 1. The Hall–Kier alpha value is 0.190. The van der Waals surface area contributed by atoms with Crippen LogP contribution in [0.2, 0.25) is 0 Å². The molecule has 1 aromatic carbocycles. The average Bonchev–Trinajstić information content (AvgIpc) is 2.55. The second kappa shape index (κ2) is 3.74. The number of hydrogen-bond acceptors (Lipinski definition) is 2. The van der Waals surface area contributed by atoms with Gasteiger partial charge < -0.3 is 4.74 Å². The van der Waals surface area contributed by atoms with Gasteiger partial charge in [0.05, 0.1) is 11.8 Å². The molecule has 0 aliphatic carbocycles. The lowest BCUT2D eigenvalue weighted by Gasteiger charge is -1.99. The minimum Gasteiger partial charge on any atom is -0.495 e. The minimum atomic E-state index is 0.963. The molecule has 1 heterocycles. The lowest BCUT2D eigenvalue weighted by atomic mass is 10.2. The normalized spacial score (nSPS) is 10.7. The third-order valence-electron chi connectivity index (χ3n) is 1.82. The van der Waals surface area contributed by atoms with Crippen LogP contribution in [0.15, 0.2) is 22.0 Å². The summed E-state index contributed by atoms with van der Waals surface area (Å²) in [6.07, 6.45) is 0. The maximum Gasteiger partial charge on any atom is 0.137 e. The Labute approximate surface area is 102 Å². The number of halogens is 2. The first-order valence-electron chi connectivity index (χ1n) is 3.63. The highest BCUT2D eigenvalue weighted by atomic mass is 127. The molecule has 0 atom stereocenters. The van der Waals surface area contributed by atoms with Gasteiger partial charge in [-0.3, -0.25) is 0 Å². The van der Waals surface area contributed by atoms with Crippen LogP contribution in [-0.2, 0) is 0 Å². The first-order valence-corrected chi connectivity index (χ1v) is 6.38. The van der Waals surface area contributed by atoms with E-state index in [0.717, 1.165) is 10.2 Å². The molecule has 0 aliphatic rings. The van der Waals surface area contributed by atoms with Gasteiger partial charge in [-0.1, -0.05) is 0 Å². The van der Waals surface area contributed by atoms with Crippen LogP contribution in [-0.4, -0.2) is 7.11 Å². The standard InChI is InChI=1S/C9H6BrIOS/c1-12-7-4-13-9-5(7)2-3-6(10)8(9)11/h2-4H,1H3. The Morgan fingerprint density at radius 3 is 2.92 bits per heavy atom. The maximum atomic E-state index is 5.25. The van der Waals surface area contributed by atoms with Crippen LogP contribution in [0.25, 0.3) is 10.1 Å². The van der Waals surface area contributed by atoms with Crippen molar-refractivity contribution in [3.05, 3.63) is 25.6 Å². The summed E-state index contributed by atoms with van der Waals surface area (Å²) in [4.78, 5) is 0. The molecule has 0 spiro atoms. The van der Waals surface area contributed by atoms with E-state index in [2.05, 4.69) is 50.7 Å². The lowest BCUT2D eigenvalue weighted by Crippen LogP contribution is -1.80. The number of thiophene rings is 1. The van der Waals surface area contributed by atoms with Crippen molar-refractivity contribution in [2.75, 3.05) is 7.11 Å². The zero-order valence-corrected chi connectivity index (χ0v) is 11.4. The van der Waals surface area contributed by atoms with Gasteiger partial charge in [-0.05, 0) is 50.7 Å². The van der Waals surface area contributed by atoms with E-state index in [9.17, 15) is 0 Å². The van der Waals surface area contributed by atoms with Crippen LogP contribution < -0.4 is 4.74 Å². The molecule has 0 fully saturated rings. The number of hydrogen-bond donors (Lipinski definition) is 0. The van der Waals surface area contributed by atoms with Crippen LogP contribution in [0.4, 0.5) is 0 Å². The minimum absolute atomic E-state index is 0.963. The van der Waals surface area contributed by atoms with E-state index >= 15 is 0 Å². The van der Waals surface area contributed by atoms with Crippen molar-refractivity contribution in [2.45, 2.75) is 0 Å². The second-order valence-electron chi connectivity index (χ2n) is 2.54. The Morgan fingerprint density at radius 1 is 1.46 bits per heavy atom. The number of ether oxygens (including phenoxy) is 1. The van der Waals surface area contributed by atoms with Gasteiger partial charge >= 0.3 is 0 Å². The Morgan fingerprint density at radius 2 is 2.23 bits per heavy atom. The fraction of sp³-hybridized carbons (Fsp3) is 0.111. The molecule has 0 bridgehead atoms. The summed E-state index contributed by atoms with van der Waals surface area (Å²) in [6, 6.07) is 4.14. The number of benzene rings is 1. The molecule has 0 aliphatic heterocycles. The topological polar surface area (TPSA) is 9.23 Å². The summed E-state index contributed by atoms with van der Waals surface area (Å²) in [7, 11) is 1.70. The smallest absolute Gasteiger partial charge is 0.137 e. The molecular formula is C9H6BrIOS.